The van der Waals surface area contributed by atoms with Crippen LogP contribution in [-0.2, 0) is 13.0 Å². The van der Waals surface area contributed by atoms with E-state index in [0.29, 0.717) is 17.9 Å². The summed E-state index contributed by atoms with van der Waals surface area (Å²) in [4.78, 5) is 0. The summed E-state index contributed by atoms with van der Waals surface area (Å²) in [7, 11) is 0. The summed E-state index contributed by atoms with van der Waals surface area (Å²) in [6.45, 7) is 1.68. The molecule has 2 aromatic carbocycles. The Bertz CT molecular complexity index is 639. The molecule has 0 saturated carbocycles. The van der Waals surface area contributed by atoms with Crippen molar-refractivity contribution in [1.29, 1.82) is 0 Å². The van der Waals surface area contributed by atoms with Gasteiger partial charge in [0.05, 0.1) is 5.71 Å². The summed E-state index contributed by atoms with van der Waals surface area (Å²) >= 11 is 0. The topological polar surface area (TPSA) is 41.8 Å². The van der Waals surface area contributed by atoms with E-state index in [1.54, 1.807) is 19.1 Å². The fourth-order valence-electron chi connectivity index (χ4n) is 1.85. The zero-order chi connectivity index (χ0) is 15.2. The molecule has 0 radical (unpaired) electrons. The predicted octanol–water partition coefficient (Wildman–Crippen LogP) is 3.94. The first-order chi connectivity index (χ1) is 10.1. The van der Waals surface area contributed by atoms with Crippen LogP contribution in [0, 0.1) is 11.6 Å². The maximum absolute atomic E-state index is 13.4. The molecule has 2 rings (SSSR count). The van der Waals surface area contributed by atoms with E-state index in [9.17, 15) is 8.78 Å². The molecule has 0 aliphatic carbocycles. The largest absolute Gasteiger partial charge is 0.489 e. The van der Waals surface area contributed by atoms with Gasteiger partial charge in [0.1, 0.15) is 24.0 Å². The fraction of sp³-hybridized carbons (Fsp3) is 0.188. The smallest absolute Gasteiger partial charge is 0.130 e. The average Bonchev–Trinajstić information content (AvgIpc) is 2.49. The van der Waals surface area contributed by atoms with E-state index in [-0.39, 0.29) is 12.2 Å². The second kappa shape index (κ2) is 6.83. The Kier molecular flexibility index (Phi) is 4.87. The van der Waals surface area contributed by atoms with E-state index >= 15 is 0 Å². The van der Waals surface area contributed by atoms with Gasteiger partial charge in [0, 0.05) is 12.0 Å². The van der Waals surface area contributed by atoms with Crippen LogP contribution in [0.5, 0.6) is 5.75 Å². The number of hydrogen-bond donors (Lipinski definition) is 1. The van der Waals surface area contributed by atoms with E-state index in [0.717, 1.165) is 23.8 Å². The molecule has 3 nitrogen and oxygen atoms in total. The highest BCUT2D eigenvalue weighted by molar-refractivity contribution is 5.83. The van der Waals surface area contributed by atoms with Crippen LogP contribution in [-0.4, -0.2) is 10.9 Å². The third-order valence-electron chi connectivity index (χ3n) is 2.96. The van der Waals surface area contributed by atoms with Gasteiger partial charge in [-0.15, -0.1) is 0 Å². The van der Waals surface area contributed by atoms with Crippen LogP contribution < -0.4 is 4.74 Å². The van der Waals surface area contributed by atoms with Gasteiger partial charge in [-0.2, -0.15) is 0 Å². The third-order valence-corrected chi connectivity index (χ3v) is 2.96. The number of rotatable bonds is 5. The molecule has 0 heterocycles. The van der Waals surface area contributed by atoms with Crippen molar-refractivity contribution in [3.8, 4) is 5.75 Å². The molecule has 0 fully saturated rings. The Labute approximate surface area is 121 Å². The van der Waals surface area contributed by atoms with Crippen LogP contribution in [0.3, 0.4) is 0 Å². The normalized spacial score (nSPS) is 11.5. The van der Waals surface area contributed by atoms with E-state index in [1.165, 1.54) is 0 Å². The summed E-state index contributed by atoms with van der Waals surface area (Å²) in [6, 6.07) is 10.4. The minimum atomic E-state index is -0.497. The van der Waals surface area contributed by atoms with Gasteiger partial charge in [-0.3, -0.25) is 0 Å². The van der Waals surface area contributed by atoms with Crippen molar-refractivity contribution in [1.82, 2.24) is 0 Å². The first-order valence-electron chi connectivity index (χ1n) is 6.41. The van der Waals surface area contributed by atoms with Crippen LogP contribution in [0.2, 0.25) is 0 Å². The monoisotopic (exact) mass is 291 g/mol. The lowest BCUT2D eigenvalue weighted by Gasteiger charge is -2.08. The highest BCUT2D eigenvalue weighted by Gasteiger charge is 2.05. The van der Waals surface area contributed by atoms with E-state index in [2.05, 4.69) is 5.16 Å². The molecule has 1 N–H and O–H groups in total. The van der Waals surface area contributed by atoms with Gasteiger partial charge in [-0.25, -0.2) is 8.78 Å². The summed E-state index contributed by atoms with van der Waals surface area (Å²) in [5.41, 5.74) is 1.74. The maximum Gasteiger partial charge on any atom is 0.130 e. The van der Waals surface area contributed by atoms with Gasteiger partial charge < -0.3 is 9.94 Å². The Morgan fingerprint density at radius 1 is 1.14 bits per heavy atom. The highest BCUT2D eigenvalue weighted by atomic mass is 19.1. The van der Waals surface area contributed by atoms with Gasteiger partial charge in [0.15, 0.2) is 0 Å². The van der Waals surface area contributed by atoms with Crippen molar-refractivity contribution >= 4 is 5.71 Å². The van der Waals surface area contributed by atoms with Crippen LogP contribution in [0.1, 0.15) is 18.1 Å². The number of benzene rings is 2. The number of oxime groups is 1. The molecule has 2 aromatic rings. The Balaban J connectivity index is 1.99. The molecule has 0 aliphatic heterocycles. The second-order valence-electron chi connectivity index (χ2n) is 4.68. The zero-order valence-electron chi connectivity index (χ0n) is 11.5. The number of hydrogen-bond acceptors (Lipinski definition) is 3. The lowest BCUT2D eigenvalue weighted by atomic mass is 10.1. The quantitative estimate of drug-likeness (QED) is 0.515. The predicted molar refractivity (Wildman–Crippen MR) is 75.7 cm³/mol. The lowest BCUT2D eigenvalue weighted by Crippen LogP contribution is -2.00. The van der Waals surface area contributed by atoms with Crippen LogP contribution >= 0.6 is 0 Å². The third kappa shape index (κ3) is 4.27. The summed E-state index contributed by atoms with van der Waals surface area (Å²) in [5, 5.41) is 11.7. The number of nitrogens with zero attached hydrogens (tertiary/aromatic N) is 1. The molecule has 0 aliphatic rings. The van der Waals surface area contributed by atoms with Crippen LogP contribution in [0.15, 0.2) is 47.6 Å². The Morgan fingerprint density at radius 3 is 2.52 bits per heavy atom. The fourth-order valence-corrected chi connectivity index (χ4v) is 1.85. The van der Waals surface area contributed by atoms with Crippen molar-refractivity contribution in [3.63, 3.8) is 0 Å². The van der Waals surface area contributed by atoms with E-state index < -0.39 is 11.6 Å². The molecule has 0 saturated heterocycles. The Morgan fingerprint density at radius 2 is 1.86 bits per heavy atom. The van der Waals surface area contributed by atoms with Crippen molar-refractivity contribution in [2.75, 3.05) is 0 Å². The minimum Gasteiger partial charge on any atom is -0.489 e. The summed E-state index contributed by atoms with van der Waals surface area (Å²) in [5.74, 6) is -0.437. The van der Waals surface area contributed by atoms with Gasteiger partial charge >= 0.3 is 0 Å². The standard InChI is InChI=1S/C16H15F2NO2/c1-11(19-20)8-12-2-5-15(6-3-12)21-10-13-9-14(17)4-7-16(13)18/h2-7,9,20H,8,10H2,1H3/b19-11-. The molecular weight excluding hydrogens is 276 g/mol. The van der Waals surface area contributed by atoms with Crippen LogP contribution in [0.25, 0.3) is 0 Å². The summed E-state index contributed by atoms with van der Waals surface area (Å²) in [6.07, 6.45) is 0.537. The van der Waals surface area contributed by atoms with Gasteiger partial charge in [-0.1, -0.05) is 17.3 Å². The average molecular weight is 291 g/mol. The maximum atomic E-state index is 13.4. The van der Waals surface area contributed by atoms with Gasteiger partial charge in [0.2, 0.25) is 0 Å². The van der Waals surface area contributed by atoms with E-state index in [1.807, 2.05) is 12.1 Å². The van der Waals surface area contributed by atoms with Crippen molar-refractivity contribution in [2.45, 2.75) is 20.0 Å². The molecule has 0 bridgehead atoms. The highest BCUT2D eigenvalue weighted by Crippen LogP contribution is 2.17. The molecule has 21 heavy (non-hydrogen) atoms. The van der Waals surface area contributed by atoms with E-state index in [4.69, 9.17) is 9.94 Å². The molecule has 110 valence electrons. The molecule has 0 amide bonds. The molecule has 0 unspecified atom stereocenters. The first kappa shape index (κ1) is 15.0. The summed E-state index contributed by atoms with van der Waals surface area (Å²) < 4.78 is 31.9. The zero-order valence-corrected chi connectivity index (χ0v) is 11.5. The second-order valence-corrected chi connectivity index (χ2v) is 4.68. The van der Waals surface area contributed by atoms with Gasteiger partial charge in [0.25, 0.3) is 0 Å². The van der Waals surface area contributed by atoms with Gasteiger partial charge in [-0.05, 0) is 42.8 Å². The first-order valence-corrected chi connectivity index (χ1v) is 6.41. The molecular formula is C16H15F2NO2. The van der Waals surface area contributed by atoms with Crippen molar-refractivity contribution < 1.29 is 18.7 Å². The Hall–Kier alpha value is -2.43. The van der Waals surface area contributed by atoms with Crippen molar-refractivity contribution in [3.05, 3.63) is 65.2 Å². The van der Waals surface area contributed by atoms with Crippen LogP contribution in [0.4, 0.5) is 8.78 Å². The molecule has 0 spiro atoms. The number of ether oxygens (including phenoxy) is 1. The SMILES string of the molecule is C/C(Cc1ccc(OCc2cc(F)ccc2F)cc1)=N/O. The number of halogens is 2. The molecule has 0 aromatic heterocycles. The molecule has 5 heteroatoms. The van der Waals surface area contributed by atoms with Crippen molar-refractivity contribution in [2.24, 2.45) is 5.16 Å². The minimum absolute atomic E-state index is 0.0416. The lowest BCUT2D eigenvalue weighted by molar-refractivity contribution is 0.299. The molecule has 0 atom stereocenters.